The molecule has 0 unspecified atom stereocenters. The minimum Gasteiger partial charge on any atom is -0.369 e. The van der Waals surface area contributed by atoms with Gasteiger partial charge < -0.3 is 10.3 Å². The molecule has 0 aliphatic heterocycles. The lowest BCUT2D eigenvalue weighted by Gasteiger charge is -2.18. The van der Waals surface area contributed by atoms with Gasteiger partial charge in [0.25, 0.3) is 0 Å². The van der Waals surface area contributed by atoms with Gasteiger partial charge in [0.15, 0.2) is 0 Å². The van der Waals surface area contributed by atoms with E-state index in [1.165, 1.54) is 12.1 Å². The number of aromatic nitrogens is 2. The predicted octanol–water partition coefficient (Wildman–Crippen LogP) is 3.85. The van der Waals surface area contributed by atoms with Crippen molar-refractivity contribution in [1.82, 2.24) is 9.55 Å². The molecule has 0 aliphatic carbocycles. The van der Waals surface area contributed by atoms with Crippen molar-refractivity contribution >= 4 is 28.6 Å². The lowest BCUT2D eigenvalue weighted by molar-refractivity contribution is 0.354. The molecule has 0 atom stereocenters. The number of hydrogen-bond acceptors (Lipinski definition) is 2. The van der Waals surface area contributed by atoms with Gasteiger partial charge in [0.2, 0.25) is 5.95 Å². The molecule has 1 aromatic heterocycles. The lowest BCUT2D eigenvalue weighted by atomic mass is 9.92. The van der Waals surface area contributed by atoms with Crippen LogP contribution >= 0.6 is 11.6 Å². The average Bonchev–Trinajstić information content (AvgIpc) is 2.51. The summed E-state index contributed by atoms with van der Waals surface area (Å²) in [6, 6.07) is 2.90. The van der Waals surface area contributed by atoms with Crippen LogP contribution in [0.2, 0.25) is 5.02 Å². The van der Waals surface area contributed by atoms with Crippen LogP contribution in [0.5, 0.6) is 0 Å². The van der Waals surface area contributed by atoms with Gasteiger partial charge in [-0.05, 0) is 17.9 Å². The highest BCUT2D eigenvalue weighted by atomic mass is 35.5. The zero-order valence-electron chi connectivity index (χ0n) is 10.8. The largest absolute Gasteiger partial charge is 0.369 e. The second-order valence-electron chi connectivity index (χ2n) is 5.69. The third kappa shape index (κ3) is 2.58. The summed E-state index contributed by atoms with van der Waals surface area (Å²) in [5.74, 6) is -0.0445. The molecule has 0 saturated carbocycles. The highest BCUT2D eigenvalue weighted by Gasteiger charge is 2.15. The molecule has 0 spiro atoms. The van der Waals surface area contributed by atoms with E-state index in [-0.39, 0.29) is 10.4 Å². The quantitative estimate of drug-likeness (QED) is 0.900. The summed E-state index contributed by atoms with van der Waals surface area (Å²) < 4.78 is 15.3. The number of aryl methyl sites for hydroxylation is 1. The van der Waals surface area contributed by atoms with Gasteiger partial charge in [-0.3, -0.25) is 0 Å². The van der Waals surface area contributed by atoms with Crippen LogP contribution in [-0.4, -0.2) is 9.55 Å². The molecular formula is C13H17ClFN3. The first-order valence-corrected chi connectivity index (χ1v) is 6.26. The van der Waals surface area contributed by atoms with E-state index in [1.54, 1.807) is 0 Å². The molecule has 18 heavy (non-hydrogen) atoms. The Balaban J connectivity index is 2.44. The highest BCUT2D eigenvalue weighted by Crippen LogP contribution is 2.27. The molecule has 0 saturated heterocycles. The molecule has 1 aromatic carbocycles. The molecule has 0 aliphatic rings. The second-order valence-corrected chi connectivity index (χ2v) is 6.09. The first kappa shape index (κ1) is 13.1. The number of hydrogen-bond donors (Lipinski definition) is 1. The van der Waals surface area contributed by atoms with E-state index in [1.807, 2.05) is 4.57 Å². The minimum atomic E-state index is -0.443. The Hall–Kier alpha value is -1.29. The van der Waals surface area contributed by atoms with E-state index >= 15 is 0 Å². The predicted molar refractivity (Wildman–Crippen MR) is 73.2 cm³/mol. The zero-order valence-corrected chi connectivity index (χ0v) is 11.6. The first-order chi connectivity index (χ1) is 8.28. The van der Waals surface area contributed by atoms with Crippen molar-refractivity contribution < 1.29 is 4.39 Å². The van der Waals surface area contributed by atoms with Gasteiger partial charge in [-0.25, -0.2) is 9.37 Å². The van der Waals surface area contributed by atoms with E-state index in [2.05, 4.69) is 25.8 Å². The maximum Gasteiger partial charge on any atom is 0.201 e. The summed E-state index contributed by atoms with van der Waals surface area (Å²) >= 11 is 5.73. The van der Waals surface area contributed by atoms with Crippen molar-refractivity contribution in [1.29, 1.82) is 0 Å². The van der Waals surface area contributed by atoms with Crippen LogP contribution in [0.25, 0.3) is 11.0 Å². The fraction of sp³-hybridized carbons (Fsp3) is 0.462. The van der Waals surface area contributed by atoms with E-state index in [0.717, 1.165) is 6.42 Å². The van der Waals surface area contributed by atoms with Gasteiger partial charge in [-0.15, -0.1) is 0 Å². The summed E-state index contributed by atoms with van der Waals surface area (Å²) in [6.45, 7) is 7.17. The van der Waals surface area contributed by atoms with E-state index < -0.39 is 5.82 Å². The van der Waals surface area contributed by atoms with Crippen molar-refractivity contribution in [3.63, 3.8) is 0 Å². The van der Waals surface area contributed by atoms with Crippen LogP contribution in [0.15, 0.2) is 12.1 Å². The zero-order chi connectivity index (χ0) is 13.5. The Morgan fingerprint density at radius 3 is 2.67 bits per heavy atom. The maximum atomic E-state index is 13.5. The molecule has 2 N–H and O–H groups in total. The van der Waals surface area contributed by atoms with Crippen molar-refractivity contribution in [2.75, 3.05) is 5.73 Å². The number of nitrogens with two attached hydrogens (primary N) is 1. The minimum absolute atomic E-state index is 0.0722. The van der Waals surface area contributed by atoms with Crippen molar-refractivity contribution in [3.05, 3.63) is 23.0 Å². The van der Waals surface area contributed by atoms with Crippen molar-refractivity contribution in [2.24, 2.45) is 5.41 Å². The van der Waals surface area contributed by atoms with Crippen LogP contribution in [0, 0.1) is 11.2 Å². The van der Waals surface area contributed by atoms with Gasteiger partial charge in [0.05, 0.1) is 16.1 Å². The van der Waals surface area contributed by atoms with Gasteiger partial charge in [0.1, 0.15) is 5.82 Å². The standard InChI is InChI=1S/C13H17ClFN3/c1-13(2,3)4-5-18-11-7-9(15)8(14)6-10(11)17-12(18)16/h6-7H,4-5H2,1-3H3,(H2,16,17). The molecule has 1 heterocycles. The Kier molecular flexibility index (Phi) is 3.23. The van der Waals surface area contributed by atoms with Crippen LogP contribution in [0.4, 0.5) is 10.3 Å². The third-order valence-corrected chi connectivity index (χ3v) is 3.19. The number of nitrogen functional groups attached to an aromatic ring is 1. The molecule has 0 radical (unpaired) electrons. The molecule has 0 fully saturated rings. The number of anilines is 1. The van der Waals surface area contributed by atoms with Crippen LogP contribution in [0.1, 0.15) is 27.2 Å². The van der Waals surface area contributed by atoms with E-state index in [4.69, 9.17) is 17.3 Å². The Morgan fingerprint density at radius 1 is 1.39 bits per heavy atom. The van der Waals surface area contributed by atoms with E-state index in [9.17, 15) is 4.39 Å². The normalized spacial score (nSPS) is 12.3. The third-order valence-electron chi connectivity index (χ3n) is 2.91. The number of fused-ring (bicyclic) bond motifs is 1. The van der Waals surface area contributed by atoms with Crippen LogP contribution in [-0.2, 0) is 6.54 Å². The fourth-order valence-electron chi connectivity index (χ4n) is 1.82. The Labute approximate surface area is 111 Å². The monoisotopic (exact) mass is 269 g/mol. The number of rotatable bonds is 2. The Bertz CT molecular complexity index is 584. The SMILES string of the molecule is CC(C)(C)CCn1c(N)nc2cc(Cl)c(F)cc21. The second kappa shape index (κ2) is 4.43. The van der Waals surface area contributed by atoms with Gasteiger partial charge in [-0.1, -0.05) is 32.4 Å². The molecule has 98 valence electrons. The molecule has 3 nitrogen and oxygen atoms in total. The summed E-state index contributed by atoms with van der Waals surface area (Å²) in [7, 11) is 0. The lowest BCUT2D eigenvalue weighted by Crippen LogP contribution is -2.12. The summed E-state index contributed by atoms with van der Waals surface area (Å²) in [6.07, 6.45) is 0.937. The highest BCUT2D eigenvalue weighted by molar-refractivity contribution is 6.31. The number of benzene rings is 1. The smallest absolute Gasteiger partial charge is 0.201 e. The molecule has 5 heteroatoms. The summed E-state index contributed by atoms with van der Waals surface area (Å²) in [5.41, 5.74) is 7.38. The maximum absolute atomic E-state index is 13.5. The Morgan fingerprint density at radius 2 is 2.06 bits per heavy atom. The molecule has 0 amide bonds. The van der Waals surface area contributed by atoms with Crippen molar-refractivity contribution in [3.8, 4) is 0 Å². The molecular weight excluding hydrogens is 253 g/mol. The van der Waals surface area contributed by atoms with E-state index in [0.29, 0.717) is 23.5 Å². The first-order valence-electron chi connectivity index (χ1n) is 5.89. The topological polar surface area (TPSA) is 43.8 Å². The molecule has 2 aromatic rings. The summed E-state index contributed by atoms with van der Waals surface area (Å²) in [4.78, 5) is 4.21. The molecule has 2 rings (SSSR count). The van der Waals surface area contributed by atoms with Gasteiger partial charge in [-0.2, -0.15) is 0 Å². The number of imidazole rings is 1. The molecule has 0 bridgehead atoms. The summed E-state index contributed by atoms with van der Waals surface area (Å²) in [5, 5.41) is 0.0722. The number of halogens is 2. The average molecular weight is 270 g/mol. The van der Waals surface area contributed by atoms with Gasteiger partial charge >= 0.3 is 0 Å². The van der Waals surface area contributed by atoms with Crippen LogP contribution in [0.3, 0.4) is 0 Å². The van der Waals surface area contributed by atoms with Crippen molar-refractivity contribution in [2.45, 2.75) is 33.7 Å². The van der Waals surface area contributed by atoms with Gasteiger partial charge in [0, 0.05) is 12.6 Å². The fourth-order valence-corrected chi connectivity index (χ4v) is 1.98. The number of nitrogens with zero attached hydrogens (tertiary/aromatic N) is 2. The van der Waals surface area contributed by atoms with Crippen LogP contribution < -0.4 is 5.73 Å².